The number of benzene rings is 2. The Balaban J connectivity index is 0.00000650. The topological polar surface area (TPSA) is 183 Å². The predicted octanol–water partition coefficient (Wildman–Crippen LogP) is 2.00. The van der Waals surface area contributed by atoms with Crippen LogP contribution in [0.25, 0.3) is 0 Å². The molecule has 0 bridgehead atoms. The van der Waals surface area contributed by atoms with E-state index in [4.69, 9.17) is 19.9 Å². The van der Waals surface area contributed by atoms with E-state index in [2.05, 4.69) is 10.6 Å². The molecule has 2 aliphatic rings. The zero-order chi connectivity index (χ0) is 35.3. The van der Waals surface area contributed by atoms with Crippen LogP contribution in [0.5, 0.6) is 0 Å². The number of sulfone groups is 1. The molecule has 15 heteroatoms. The molecule has 1 spiro atoms. The number of amides is 2. The maximum Gasteiger partial charge on any atom is 0.324 e. The van der Waals surface area contributed by atoms with Crippen molar-refractivity contribution in [3.8, 4) is 0 Å². The molecule has 49 heavy (non-hydrogen) atoms. The summed E-state index contributed by atoms with van der Waals surface area (Å²) in [6.45, 7) is 7.21. The maximum absolute atomic E-state index is 14.8. The van der Waals surface area contributed by atoms with E-state index >= 15 is 0 Å². The van der Waals surface area contributed by atoms with Crippen LogP contribution in [0.15, 0.2) is 54.6 Å². The molecule has 4 rings (SSSR count). The number of hydrogen-bond donors (Lipinski definition) is 3. The van der Waals surface area contributed by atoms with Gasteiger partial charge in [-0.25, -0.2) is 8.42 Å². The number of hydrogen-bond acceptors (Lipinski definition) is 11. The smallest absolute Gasteiger partial charge is 0.324 e. The lowest BCUT2D eigenvalue weighted by Gasteiger charge is -2.41. The summed E-state index contributed by atoms with van der Waals surface area (Å²) >= 11 is 0. The normalized spacial score (nSPS) is 18.7. The minimum absolute atomic E-state index is 0. The number of nitrogens with zero attached hydrogens (tertiary/aromatic N) is 1. The van der Waals surface area contributed by atoms with Crippen LogP contribution in [0.4, 0.5) is 5.69 Å². The number of nitrogens with two attached hydrogens (primary N) is 1. The molecule has 0 aliphatic carbocycles. The highest BCUT2D eigenvalue weighted by Crippen LogP contribution is 2.52. The molecule has 2 aromatic carbocycles. The summed E-state index contributed by atoms with van der Waals surface area (Å²) in [6, 6.07) is 13.4. The molecule has 2 aliphatic heterocycles. The van der Waals surface area contributed by atoms with E-state index in [1.165, 1.54) is 11.8 Å². The third-order valence-electron chi connectivity index (χ3n) is 8.67. The standard InChI is InChI=1S/C34H46N4O9S.ClH/c1-22(28(35)31(42)47-33(2,3)4)29(40)37-25(20-46-19-23-11-7-6-8-12-23)30(41)38-26-14-10-9-13-24(26)34(15-17-36-18-16-34)32(38)48(43,44)21-27(39)45-5;/h6-14,22,25,28,32,36H,15-21,35H2,1-5H3,(H,37,40);1H/t22?,25-,28?,32?;/m1./s1. The minimum atomic E-state index is -4.36. The highest BCUT2D eigenvalue weighted by Gasteiger charge is 2.59. The Morgan fingerprint density at radius 1 is 1.04 bits per heavy atom. The predicted molar refractivity (Wildman–Crippen MR) is 186 cm³/mol. The Hall–Kier alpha value is -3.56. The van der Waals surface area contributed by atoms with Crippen LogP contribution in [0.3, 0.4) is 0 Å². The zero-order valence-electron chi connectivity index (χ0n) is 28.5. The number of piperidine rings is 1. The van der Waals surface area contributed by atoms with Gasteiger partial charge in [0.1, 0.15) is 28.8 Å². The Bertz CT molecular complexity index is 1590. The van der Waals surface area contributed by atoms with Crippen molar-refractivity contribution in [1.82, 2.24) is 10.6 Å². The highest BCUT2D eigenvalue weighted by atomic mass is 35.5. The fourth-order valence-electron chi connectivity index (χ4n) is 6.29. The fourth-order valence-corrected chi connectivity index (χ4v) is 8.49. The Labute approximate surface area is 293 Å². The average molecular weight is 723 g/mol. The van der Waals surface area contributed by atoms with E-state index in [1.54, 1.807) is 45.0 Å². The molecule has 4 atom stereocenters. The first-order chi connectivity index (χ1) is 22.6. The molecule has 4 N–H and O–H groups in total. The van der Waals surface area contributed by atoms with Gasteiger partial charge in [-0.05, 0) is 63.9 Å². The lowest BCUT2D eigenvalue weighted by molar-refractivity contribution is -0.159. The molecule has 0 aromatic heterocycles. The van der Waals surface area contributed by atoms with Crippen molar-refractivity contribution < 1.29 is 41.8 Å². The van der Waals surface area contributed by atoms with Gasteiger partial charge < -0.3 is 30.6 Å². The van der Waals surface area contributed by atoms with Gasteiger partial charge >= 0.3 is 11.9 Å². The number of fused-ring (bicyclic) bond motifs is 2. The first-order valence-corrected chi connectivity index (χ1v) is 17.6. The molecule has 2 amide bonds. The van der Waals surface area contributed by atoms with Crippen LogP contribution >= 0.6 is 12.4 Å². The molecular formula is C34H47ClN4O9S. The second-order valence-corrected chi connectivity index (χ2v) is 15.3. The molecular weight excluding hydrogens is 676 g/mol. The summed E-state index contributed by atoms with van der Waals surface area (Å²) in [7, 11) is -3.26. The van der Waals surface area contributed by atoms with Gasteiger partial charge in [-0.1, -0.05) is 55.5 Å². The SMILES string of the molecule is COC(=O)CS(=O)(=O)C1N(C(=O)[C@@H](COCc2ccccc2)NC(=O)C(C)C(N)C(=O)OC(C)(C)C)c2ccccc2C12CCNCC2.Cl. The summed E-state index contributed by atoms with van der Waals surface area (Å²) in [5.41, 5.74) is 6.09. The number of carbonyl (C=O) groups is 4. The van der Waals surface area contributed by atoms with E-state index < -0.39 is 73.7 Å². The third kappa shape index (κ3) is 9.17. The van der Waals surface area contributed by atoms with Crippen LogP contribution in [-0.4, -0.2) is 87.8 Å². The number of para-hydroxylation sites is 1. The average Bonchev–Trinajstić information content (AvgIpc) is 3.33. The van der Waals surface area contributed by atoms with E-state index in [9.17, 15) is 27.6 Å². The first kappa shape index (κ1) is 39.9. The summed E-state index contributed by atoms with van der Waals surface area (Å²) in [6.07, 6.45) is 0.754. The summed E-state index contributed by atoms with van der Waals surface area (Å²) in [5, 5.41) is 4.47. The number of esters is 2. The molecule has 1 saturated heterocycles. The lowest BCUT2D eigenvalue weighted by atomic mass is 9.74. The first-order valence-electron chi connectivity index (χ1n) is 15.9. The van der Waals surface area contributed by atoms with Gasteiger partial charge in [0.25, 0.3) is 5.91 Å². The van der Waals surface area contributed by atoms with Crippen molar-refractivity contribution in [3.05, 3.63) is 65.7 Å². The van der Waals surface area contributed by atoms with Gasteiger partial charge in [-0.3, -0.25) is 24.1 Å². The molecule has 3 unspecified atom stereocenters. The summed E-state index contributed by atoms with van der Waals surface area (Å²) in [5.74, 6) is -5.29. The number of nitrogens with one attached hydrogen (secondary N) is 2. The zero-order valence-corrected chi connectivity index (χ0v) is 30.1. The minimum Gasteiger partial charge on any atom is -0.468 e. The number of anilines is 1. The van der Waals surface area contributed by atoms with Crippen molar-refractivity contribution in [2.45, 2.75) is 75.6 Å². The van der Waals surface area contributed by atoms with E-state index in [-0.39, 0.29) is 25.6 Å². The van der Waals surface area contributed by atoms with Crippen LogP contribution in [-0.2, 0) is 55.2 Å². The van der Waals surface area contributed by atoms with Crippen LogP contribution in [0.2, 0.25) is 0 Å². The van der Waals surface area contributed by atoms with Gasteiger partial charge in [-0.15, -0.1) is 12.4 Å². The lowest BCUT2D eigenvalue weighted by Crippen LogP contribution is -2.61. The van der Waals surface area contributed by atoms with E-state index in [1.807, 2.05) is 30.3 Å². The van der Waals surface area contributed by atoms with Gasteiger partial charge in [0, 0.05) is 11.1 Å². The third-order valence-corrected chi connectivity index (χ3v) is 10.6. The molecule has 13 nitrogen and oxygen atoms in total. The summed E-state index contributed by atoms with van der Waals surface area (Å²) in [4.78, 5) is 54.6. The largest absolute Gasteiger partial charge is 0.468 e. The van der Waals surface area contributed by atoms with Crippen LogP contribution < -0.4 is 21.3 Å². The molecule has 2 heterocycles. The van der Waals surface area contributed by atoms with Crippen molar-refractivity contribution in [2.24, 2.45) is 11.7 Å². The van der Waals surface area contributed by atoms with Gasteiger partial charge in [-0.2, -0.15) is 0 Å². The van der Waals surface area contributed by atoms with Gasteiger partial charge in [0.2, 0.25) is 5.91 Å². The highest BCUT2D eigenvalue weighted by molar-refractivity contribution is 7.92. The Kier molecular flexibility index (Phi) is 13.4. The molecule has 270 valence electrons. The molecule has 0 saturated carbocycles. The van der Waals surface area contributed by atoms with E-state index in [0.29, 0.717) is 37.2 Å². The van der Waals surface area contributed by atoms with Crippen molar-refractivity contribution in [2.75, 3.05) is 37.5 Å². The quantitative estimate of drug-likeness (QED) is 0.273. The fraction of sp³-hybridized carbons (Fsp3) is 0.529. The second kappa shape index (κ2) is 16.4. The van der Waals surface area contributed by atoms with Crippen LogP contribution in [0, 0.1) is 5.92 Å². The number of rotatable bonds is 12. The number of ether oxygens (including phenoxy) is 3. The maximum atomic E-state index is 14.8. The van der Waals surface area contributed by atoms with Crippen molar-refractivity contribution in [1.29, 1.82) is 0 Å². The Morgan fingerprint density at radius 3 is 2.27 bits per heavy atom. The summed E-state index contributed by atoms with van der Waals surface area (Å²) < 4.78 is 44.4. The molecule has 2 aromatic rings. The number of carbonyl (C=O) groups excluding carboxylic acids is 4. The van der Waals surface area contributed by atoms with Crippen molar-refractivity contribution in [3.63, 3.8) is 0 Å². The van der Waals surface area contributed by atoms with Gasteiger partial charge in [0.05, 0.1) is 26.2 Å². The van der Waals surface area contributed by atoms with Crippen molar-refractivity contribution >= 4 is 51.7 Å². The van der Waals surface area contributed by atoms with Crippen LogP contribution in [0.1, 0.15) is 51.7 Å². The monoisotopic (exact) mass is 722 g/mol. The second-order valence-electron chi connectivity index (χ2n) is 13.3. The molecule has 0 radical (unpaired) electrons. The Morgan fingerprint density at radius 2 is 1.65 bits per heavy atom. The number of methoxy groups -OCH3 is 1. The number of halogens is 1. The molecule has 1 fully saturated rings. The van der Waals surface area contributed by atoms with Gasteiger partial charge in [0.15, 0.2) is 9.84 Å². The van der Waals surface area contributed by atoms with E-state index in [0.717, 1.165) is 12.7 Å².